The van der Waals surface area contributed by atoms with E-state index in [0.717, 1.165) is 17.2 Å². The van der Waals surface area contributed by atoms with Crippen molar-refractivity contribution in [2.24, 2.45) is 0 Å². The van der Waals surface area contributed by atoms with Gasteiger partial charge in [-0.05, 0) is 30.2 Å². The number of aliphatic carboxylic acids is 1. The van der Waals surface area contributed by atoms with Crippen molar-refractivity contribution >= 4 is 23.6 Å². The van der Waals surface area contributed by atoms with Gasteiger partial charge in [-0.1, -0.05) is 23.7 Å². The summed E-state index contributed by atoms with van der Waals surface area (Å²) < 4.78 is 0. The van der Waals surface area contributed by atoms with Gasteiger partial charge in [0.15, 0.2) is 0 Å². The van der Waals surface area contributed by atoms with Crippen LogP contribution in [-0.4, -0.2) is 11.1 Å². The molecule has 0 heterocycles. The van der Waals surface area contributed by atoms with Crippen molar-refractivity contribution in [3.63, 3.8) is 0 Å². The average molecular weight is 197 g/mol. The summed E-state index contributed by atoms with van der Waals surface area (Å²) in [5.74, 6) is -0.961. The van der Waals surface area contributed by atoms with Crippen LogP contribution < -0.4 is 0 Å². The second kappa shape index (κ2) is 4.10. The molecule has 1 N–H and O–H groups in total. The topological polar surface area (TPSA) is 37.3 Å². The van der Waals surface area contributed by atoms with E-state index in [-0.39, 0.29) is 0 Å². The van der Waals surface area contributed by atoms with Crippen molar-refractivity contribution in [3.05, 3.63) is 40.4 Å². The lowest BCUT2D eigenvalue weighted by Crippen LogP contribution is -1.85. The first-order valence-electron chi connectivity index (χ1n) is 3.77. The molecule has 1 aromatic carbocycles. The molecule has 0 saturated carbocycles. The lowest BCUT2D eigenvalue weighted by Gasteiger charge is -1.97. The molecule has 0 aliphatic rings. The Balaban J connectivity index is 2.92. The summed E-state index contributed by atoms with van der Waals surface area (Å²) >= 11 is 5.85. The molecule has 1 rings (SSSR count). The number of rotatable bonds is 2. The van der Waals surface area contributed by atoms with Crippen molar-refractivity contribution < 1.29 is 9.90 Å². The predicted octanol–water partition coefficient (Wildman–Crippen LogP) is 2.75. The van der Waals surface area contributed by atoms with Gasteiger partial charge in [-0.25, -0.2) is 4.79 Å². The van der Waals surface area contributed by atoms with E-state index >= 15 is 0 Å². The van der Waals surface area contributed by atoms with E-state index in [9.17, 15) is 4.79 Å². The number of carbonyl (C=O) groups is 1. The molecule has 2 nitrogen and oxygen atoms in total. The molecule has 0 aromatic heterocycles. The summed E-state index contributed by atoms with van der Waals surface area (Å²) in [5, 5.41) is 9.02. The van der Waals surface area contributed by atoms with Gasteiger partial charge in [0.2, 0.25) is 0 Å². The van der Waals surface area contributed by atoms with Crippen LogP contribution in [0.4, 0.5) is 0 Å². The van der Waals surface area contributed by atoms with Crippen molar-refractivity contribution in [1.82, 2.24) is 0 Å². The molecular formula is C10H9ClO2. The monoisotopic (exact) mass is 196 g/mol. The zero-order valence-electron chi connectivity index (χ0n) is 7.12. The Hall–Kier alpha value is -1.28. The molecule has 68 valence electrons. The number of hydrogen-bond acceptors (Lipinski definition) is 1. The molecule has 0 saturated heterocycles. The molecule has 13 heavy (non-hydrogen) atoms. The molecule has 0 fully saturated rings. The third kappa shape index (κ3) is 2.92. The SMILES string of the molecule is Cc1ccc(/C=C/C(=O)O)cc1Cl. The minimum Gasteiger partial charge on any atom is -0.478 e. The Labute approximate surface area is 81.5 Å². The van der Waals surface area contributed by atoms with Gasteiger partial charge >= 0.3 is 5.97 Å². The molecule has 1 aromatic rings. The smallest absolute Gasteiger partial charge is 0.328 e. The molecule has 0 radical (unpaired) electrons. The summed E-state index contributed by atoms with van der Waals surface area (Å²) in [6, 6.07) is 5.40. The van der Waals surface area contributed by atoms with Crippen LogP contribution in [0.25, 0.3) is 6.08 Å². The second-order valence-corrected chi connectivity index (χ2v) is 3.09. The van der Waals surface area contributed by atoms with E-state index in [1.807, 2.05) is 19.1 Å². The van der Waals surface area contributed by atoms with Gasteiger partial charge in [0, 0.05) is 11.1 Å². The summed E-state index contributed by atoms with van der Waals surface area (Å²) in [5.41, 5.74) is 1.77. The molecular weight excluding hydrogens is 188 g/mol. The molecule has 3 heteroatoms. The third-order valence-corrected chi connectivity index (χ3v) is 2.02. The number of benzene rings is 1. The maximum Gasteiger partial charge on any atom is 0.328 e. The largest absolute Gasteiger partial charge is 0.478 e. The fraction of sp³-hybridized carbons (Fsp3) is 0.100. The average Bonchev–Trinajstić information content (AvgIpc) is 2.07. The van der Waals surface area contributed by atoms with Crippen molar-refractivity contribution in [2.45, 2.75) is 6.92 Å². The number of carboxylic acid groups (broad SMARTS) is 1. The van der Waals surface area contributed by atoms with Crippen LogP contribution in [0.2, 0.25) is 5.02 Å². The van der Waals surface area contributed by atoms with Gasteiger partial charge in [-0.3, -0.25) is 0 Å². The highest BCUT2D eigenvalue weighted by Gasteiger charge is 1.95. The Kier molecular flexibility index (Phi) is 3.09. The minimum atomic E-state index is -0.961. The van der Waals surface area contributed by atoms with Crippen LogP contribution in [0, 0.1) is 6.92 Å². The first-order chi connectivity index (χ1) is 6.09. The zero-order chi connectivity index (χ0) is 9.84. The van der Waals surface area contributed by atoms with Gasteiger partial charge in [0.25, 0.3) is 0 Å². The Morgan fingerprint density at radius 2 is 2.23 bits per heavy atom. The molecule has 0 amide bonds. The predicted molar refractivity (Wildman–Crippen MR) is 52.9 cm³/mol. The molecule has 0 atom stereocenters. The second-order valence-electron chi connectivity index (χ2n) is 2.68. The molecule has 0 spiro atoms. The van der Waals surface area contributed by atoms with Crippen LogP contribution in [0.5, 0.6) is 0 Å². The summed E-state index contributed by atoms with van der Waals surface area (Å²) in [7, 11) is 0. The van der Waals surface area contributed by atoms with Gasteiger partial charge in [-0.15, -0.1) is 0 Å². The summed E-state index contributed by atoms with van der Waals surface area (Å²) in [6.07, 6.45) is 2.59. The number of hydrogen-bond donors (Lipinski definition) is 1. The number of halogens is 1. The highest BCUT2D eigenvalue weighted by molar-refractivity contribution is 6.31. The minimum absolute atomic E-state index is 0.646. The van der Waals surface area contributed by atoms with Crippen LogP contribution >= 0.6 is 11.6 Å². The van der Waals surface area contributed by atoms with E-state index in [1.54, 1.807) is 6.07 Å². The van der Waals surface area contributed by atoms with Gasteiger partial charge < -0.3 is 5.11 Å². The lowest BCUT2D eigenvalue weighted by molar-refractivity contribution is -0.131. The highest BCUT2D eigenvalue weighted by Crippen LogP contribution is 2.17. The van der Waals surface area contributed by atoms with E-state index in [1.165, 1.54) is 6.08 Å². The zero-order valence-corrected chi connectivity index (χ0v) is 7.88. The summed E-state index contributed by atoms with van der Waals surface area (Å²) in [6.45, 7) is 1.90. The maximum atomic E-state index is 10.2. The lowest BCUT2D eigenvalue weighted by atomic mass is 10.1. The Morgan fingerprint density at radius 1 is 1.54 bits per heavy atom. The van der Waals surface area contributed by atoms with Crippen molar-refractivity contribution in [3.8, 4) is 0 Å². The number of aryl methyl sites for hydroxylation is 1. The Bertz CT molecular complexity index is 356. The highest BCUT2D eigenvalue weighted by atomic mass is 35.5. The molecule has 0 unspecified atom stereocenters. The fourth-order valence-electron chi connectivity index (χ4n) is 0.880. The van der Waals surface area contributed by atoms with Crippen molar-refractivity contribution in [1.29, 1.82) is 0 Å². The Morgan fingerprint density at radius 3 is 2.77 bits per heavy atom. The normalized spacial score (nSPS) is 10.6. The van der Waals surface area contributed by atoms with Crippen LogP contribution in [-0.2, 0) is 4.79 Å². The standard InChI is InChI=1S/C10H9ClO2/c1-7-2-3-8(6-9(7)11)4-5-10(12)13/h2-6H,1H3,(H,12,13)/b5-4+. The van der Waals surface area contributed by atoms with Crippen molar-refractivity contribution in [2.75, 3.05) is 0 Å². The number of carboxylic acids is 1. The first-order valence-corrected chi connectivity index (χ1v) is 4.14. The quantitative estimate of drug-likeness (QED) is 0.739. The first kappa shape index (κ1) is 9.81. The molecule has 0 aliphatic carbocycles. The molecule has 0 aliphatic heterocycles. The maximum absolute atomic E-state index is 10.2. The van der Waals surface area contributed by atoms with Gasteiger partial charge in [0.05, 0.1) is 0 Å². The van der Waals surface area contributed by atoms with Crippen LogP contribution in [0.15, 0.2) is 24.3 Å². The summed E-state index contributed by atoms with van der Waals surface area (Å²) in [4.78, 5) is 10.2. The van der Waals surface area contributed by atoms with E-state index in [4.69, 9.17) is 16.7 Å². The van der Waals surface area contributed by atoms with Crippen LogP contribution in [0.3, 0.4) is 0 Å². The van der Waals surface area contributed by atoms with E-state index < -0.39 is 5.97 Å². The fourth-order valence-corrected chi connectivity index (χ4v) is 1.07. The third-order valence-electron chi connectivity index (χ3n) is 1.61. The molecule has 0 bridgehead atoms. The van der Waals surface area contributed by atoms with E-state index in [0.29, 0.717) is 5.02 Å². The van der Waals surface area contributed by atoms with E-state index in [2.05, 4.69) is 0 Å². The van der Waals surface area contributed by atoms with Gasteiger partial charge in [0.1, 0.15) is 0 Å². The van der Waals surface area contributed by atoms with Crippen LogP contribution in [0.1, 0.15) is 11.1 Å². The van der Waals surface area contributed by atoms with Gasteiger partial charge in [-0.2, -0.15) is 0 Å².